The Morgan fingerprint density at radius 1 is 1.22 bits per heavy atom. The summed E-state index contributed by atoms with van der Waals surface area (Å²) in [7, 11) is 0. The summed E-state index contributed by atoms with van der Waals surface area (Å²) in [6.07, 6.45) is 6.11. The van der Waals surface area contributed by atoms with Gasteiger partial charge in [-0.25, -0.2) is 4.72 Å². The number of carbonyl (C=O) groups is 1. The Labute approximate surface area is 152 Å². The predicted molar refractivity (Wildman–Crippen MR) is 101 cm³/mol. The minimum absolute atomic E-state index is 0.121. The molecule has 4 N–H and O–H groups in total. The Kier molecular flexibility index (Phi) is 6.36. The maximum Gasteiger partial charge on any atom is 0.267 e. The molecule has 1 amide bonds. The lowest BCUT2D eigenvalue weighted by atomic mass is 10.1. The van der Waals surface area contributed by atoms with Crippen LogP contribution in [0.2, 0.25) is 0 Å². The number of hydrogen-bond donors (Lipinski definition) is 4. The van der Waals surface area contributed by atoms with Gasteiger partial charge >= 0.3 is 0 Å². The molecule has 0 saturated carbocycles. The summed E-state index contributed by atoms with van der Waals surface area (Å²) in [6.45, 7) is 2.00. The van der Waals surface area contributed by atoms with Gasteiger partial charge in [0.1, 0.15) is 0 Å². The van der Waals surface area contributed by atoms with Crippen LogP contribution in [0.1, 0.15) is 15.9 Å². The van der Waals surface area contributed by atoms with Crippen LogP contribution in [0, 0.1) is 6.92 Å². The molecular formula is C13H15N5OS4. The SMILES string of the molecule is Cc1ccc(C(=O)NN2SNSNSN[C@@H]3C=CC=C3S2)cc1. The van der Waals surface area contributed by atoms with E-state index < -0.39 is 0 Å². The first-order valence-corrected chi connectivity index (χ1v) is 9.88. The highest BCUT2D eigenvalue weighted by Gasteiger charge is 2.22. The molecule has 0 spiro atoms. The number of amides is 1. The van der Waals surface area contributed by atoms with Crippen LogP contribution < -0.4 is 18.4 Å². The minimum Gasteiger partial charge on any atom is -0.268 e. The molecule has 0 bridgehead atoms. The van der Waals surface area contributed by atoms with Crippen molar-refractivity contribution >= 4 is 54.3 Å². The van der Waals surface area contributed by atoms with Gasteiger partial charge in [-0.05, 0) is 37.1 Å². The molecule has 10 heteroatoms. The first kappa shape index (κ1) is 17.2. The van der Waals surface area contributed by atoms with E-state index in [1.54, 1.807) is 3.82 Å². The van der Waals surface area contributed by atoms with Crippen LogP contribution in [-0.4, -0.2) is 15.8 Å². The number of hydrazine groups is 1. The van der Waals surface area contributed by atoms with Gasteiger partial charge in [-0.1, -0.05) is 33.7 Å². The van der Waals surface area contributed by atoms with Crippen LogP contribution in [0.25, 0.3) is 0 Å². The maximum atomic E-state index is 12.4. The summed E-state index contributed by atoms with van der Waals surface area (Å²) >= 11 is 5.51. The molecule has 2 aliphatic rings. The summed E-state index contributed by atoms with van der Waals surface area (Å²) in [5.41, 5.74) is 4.65. The van der Waals surface area contributed by atoms with E-state index in [9.17, 15) is 4.79 Å². The lowest BCUT2D eigenvalue weighted by Gasteiger charge is -2.24. The minimum atomic E-state index is -0.146. The summed E-state index contributed by atoms with van der Waals surface area (Å²) in [4.78, 5) is 13.5. The van der Waals surface area contributed by atoms with Gasteiger partial charge in [0.15, 0.2) is 0 Å². The molecular weight excluding hydrogens is 370 g/mol. The van der Waals surface area contributed by atoms with E-state index >= 15 is 0 Å². The highest BCUT2D eigenvalue weighted by Crippen LogP contribution is 2.32. The molecule has 1 saturated heterocycles. The Morgan fingerprint density at radius 3 is 2.87 bits per heavy atom. The largest absolute Gasteiger partial charge is 0.268 e. The normalized spacial score (nSPS) is 22.3. The molecule has 6 nitrogen and oxygen atoms in total. The molecule has 0 radical (unpaired) electrons. The molecule has 1 aromatic rings. The third-order valence-electron chi connectivity index (χ3n) is 3.00. The second-order valence-electron chi connectivity index (χ2n) is 4.67. The van der Waals surface area contributed by atoms with E-state index in [4.69, 9.17) is 0 Å². The fourth-order valence-electron chi connectivity index (χ4n) is 1.83. The summed E-state index contributed by atoms with van der Waals surface area (Å²) < 4.78 is 11.1. The average Bonchev–Trinajstić information content (AvgIpc) is 2.99. The molecule has 1 atom stereocenters. The van der Waals surface area contributed by atoms with Crippen molar-refractivity contribution in [3.05, 3.63) is 58.5 Å². The van der Waals surface area contributed by atoms with E-state index in [-0.39, 0.29) is 11.9 Å². The van der Waals surface area contributed by atoms with Gasteiger partial charge in [0.05, 0.1) is 18.2 Å². The van der Waals surface area contributed by atoms with Crippen LogP contribution in [0.4, 0.5) is 0 Å². The smallest absolute Gasteiger partial charge is 0.267 e. The number of nitrogens with one attached hydrogen (secondary N) is 4. The third-order valence-corrected chi connectivity index (χ3v) is 6.23. The highest BCUT2D eigenvalue weighted by molar-refractivity contribution is 8.21. The number of rotatable bonds is 2. The van der Waals surface area contributed by atoms with Crippen molar-refractivity contribution in [2.75, 3.05) is 0 Å². The Balaban J connectivity index is 1.66. The van der Waals surface area contributed by atoms with Gasteiger partial charge in [-0.2, -0.15) is 8.25 Å². The topological polar surface area (TPSA) is 68.4 Å². The molecule has 0 unspecified atom stereocenters. The van der Waals surface area contributed by atoms with Gasteiger partial charge in [0.25, 0.3) is 5.91 Å². The van der Waals surface area contributed by atoms with E-state index in [2.05, 4.69) is 24.5 Å². The number of nitrogens with zero attached hydrogens (tertiary/aromatic N) is 1. The van der Waals surface area contributed by atoms with Crippen LogP contribution in [0.3, 0.4) is 0 Å². The van der Waals surface area contributed by atoms with Gasteiger partial charge in [-0.15, -0.1) is 0 Å². The van der Waals surface area contributed by atoms with Crippen molar-refractivity contribution in [1.29, 1.82) is 0 Å². The monoisotopic (exact) mass is 385 g/mol. The summed E-state index contributed by atoms with van der Waals surface area (Å²) in [5, 5.41) is 0. The first-order chi connectivity index (χ1) is 11.2. The van der Waals surface area contributed by atoms with E-state index in [0.717, 1.165) is 10.5 Å². The number of benzene rings is 1. The zero-order valence-electron chi connectivity index (χ0n) is 12.1. The molecule has 0 aromatic heterocycles. The molecule has 1 aromatic carbocycles. The van der Waals surface area contributed by atoms with Crippen molar-refractivity contribution in [3.8, 4) is 0 Å². The van der Waals surface area contributed by atoms with E-state index in [1.165, 1.54) is 48.3 Å². The maximum absolute atomic E-state index is 12.4. The van der Waals surface area contributed by atoms with Gasteiger partial charge in [0, 0.05) is 34.7 Å². The van der Waals surface area contributed by atoms with Crippen molar-refractivity contribution in [2.45, 2.75) is 13.0 Å². The molecule has 1 aliphatic carbocycles. The Hall–Kier alpha value is -0.590. The number of fused-ring (bicyclic) bond motifs is 1. The van der Waals surface area contributed by atoms with Gasteiger partial charge < -0.3 is 0 Å². The number of hydrogen-bond acceptors (Lipinski definition) is 9. The third kappa shape index (κ3) is 4.94. The lowest BCUT2D eigenvalue weighted by Crippen LogP contribution is -2.36. The molecule has 1 heterocycles. The lowest BCUT2D eigenvalue weighted by molar-refractivity contribution is 0.0923. The van der Waals surface area contributed by atoms with Crippen molar-refractivity contribution in [2.24, 2.45) is 0 Å². The zero-order chi connectivity index (χ0) is 16.1. The van der Waals surface area contributed by atoms with Crippen LogP contribution in [-0.2, 0) is 0 Å². The predicted octanol–water partition coefficient (Wildman–Crippen LogP) is 2.88. The summed E-state index contributed by atoms with van der Waals surface area (Å²) in [5.74, 6) is -0.146. The quantitative estimate of drug-likeness (QED) is 0.575. The molecule has 1 aliphatic heterocycles. The molecule has 23 heavy (non-hydrogen) atoms. The van der Waals surface area contributed by atoms with Crippen molar-refractivity contribution in [1.82, 2.24) is 22.2 Å². The fourth-order valence-corrected chi connectivity index (χ4v) is 4.98. The Morgan fingerprint density at radius 2 is 2.04 bits per heavy atom. The van der Waals surface area contributed by atoms with Gasteiger partial charge in [-0.3, -0.25) is 10.2 Å². The van der Waals surface area contributed by atoms with E-state index in [1.807, 2.05) is 43.3 Å². The second kappa shape index (κ2) is 8.49. The Bertz CT molecular complexity index is 621. The number of allylic oxidation sites excluding steroid dienone is 2. The van der Waals surface area contributed by atoms with Crippen LogP contribution >= 0.6 is 48.3 Å². The standard InChI is InChI=1S/C13H15N5OS4/c1-9-5-7-10(8-6-9)13(19)14-18-20-12-4-2-3-11(12)15-21-16-22-17-23-18/h2-8,11,15-17H,1H3,(H,14,19)/t11-/m1/s1. The molecule has 3 rings (SSSR count). The first-order valence-electron chi connectivity index (χ1n) is 6.71. The van der Waals surface area contributed by atoms with E-state index in [0.29, 0.717) is 5.56 Å². The zero-order valence-corrected chi connectivity index (χ0v) is 15.4. The van der Waals surface area contributed by atoms with Crippen LogP contribution in [0.5, 0.6) is 0 Å². The number of carbonyl (C=O) groups excluding carboxylic acids is 1. The average molecular weight is 386 g/mol. The van der Waals surface area contributed by atoms with Crippen molar-refractivity contribution in [3.63, 3.8) is 0 Å². The fraction of sp³-hybridized carbons (Fsp3) is 0.154. The van der Waals surface area contributed by atoms with Crippen molar-refractivity contribution < 1.29 is 4.79 Å². The summed E-state index contributed by atoms with van der Waals surface area (Å²) in [6, 6.07) is 7.62. The second-order valence-corrected chi connectivity index (χ2v) is 8.44. The highest BCUT2D eigenvalue weighted by atomic mass is 32.3. The van der Waals surface area contributed by atoms with Crippen LogP contribution in [0.15, 0.2) is 47.4 Å². The number of aryl methyl sites for hydroxylation is 1. The molecule has 1 fully saturated rings. The van der Waals surface area contributed by atoms with Gasteiger partial charge in [0.2, 0.25) is 0 Å². The molecule has 122 valence electrons.